The summed E-state index contributed by atoms with van der Waals surface area (Å²) in [4.78, 5) is 15.4. The normalized spacial score (nSPS) is 10.3. The molecule has 1 heterocycles. The van der Waals surface area contributed by atoms with E-state index in [1.807, 2.05) is 0 Å². The van der Waals surface area contributed by atoms with Gasteiger partial charge in [-0.15, -0.1) is 0 Å². The smallest absolute Gasteiger partial charge is 0.356 e. The number of carbonyl (C=O) groups excluding carboxylic acids is 1. The van der Waals surface area contributed by atoms with Crippen LogP contribution in [0.5, 0.6) is 0 Å². The highest BCUT2D eigenvalue weighted by Crippen LogP contribution is 2.02. The van der Waals surface area contributed by atoms with Crippen molar-refractivity contribution in [2.75, 3.05) is 39.3 Å². The first-order valence-corrected chi connectivity index (χ1v) is 5.69. The van der Waals surface area contributed by atoms with Crippen molar-refractivity contribution in [1.29, 1.82) is 0 Å². The third-order valence-corrected chi connectivity index (χ3v) is 2.09. The number of methoxy groups -OCH3 is 1. The molecule has 1 aromatic heterocycles. The third kappa shape index (κ3) is 5.60. The SMILES string of the molecule is COCCCOCCOC(=O)c1ccc(N)cn1. The average molecular weight is 254 g/mol. The molecule has 0 aliphatic carbocycles. The molecule has 0 fully saturated rings. The number of aromatic nitrogens is 1. The van der Waals surface area contributed by atoms with Crippen LogP contribution in [-0.2, 0) is 14.2 Å². The summed E-state index contributed by atoms with van der Waals surface area (Å²) in [6, 6.07) is 3.13. The number of rotatable bonds is 8. The summed E-state index contributed by atoms with van der Waals surface area (Å²) in [6.45, 7) is 1.82. The number of nitrogen functional groups attached to an aromatic ring is 1. The summed E-state index contributed by atoms with van der Waals surface area (Å²) in [5.74, 6) is -0.476. The number of pyridine rings is 1. The van der Waals surface area contributed by atoms with Crippen molar-refractivity contribution < 1.29 is 19.0 Å². The Morgan fingerprint density at radius 1 is 1.28 bits per heavy atom. The van der Waals surface area contributed by atoms with Crippen molar-refractivity contribution in [1.82, 2.24) is 4.98 Å². The standard InChI is InChI=1S/C12H18N2O4/c1-16-5-2-6-17-7-8-18-12(15)11-4-3-10(13)9-14-11/h3-4,9H,2,5-8,13H2,1H3. The molecule has 6 heteroatoms. The predicted molar refractivity (Wildman–Crippen MR) is 66.2 cm³/mol. The molecule has 2 N–H and O–H groups in total. The fraction of sp³-hybridized carbons (Fsp3) is 0.500. The Bertz CT molecular complexity index is 354. The molecular weight excluding hydrogens is 236 g/mol. The monoisotopic (exact) mass is 254 g/mol. The molecule has 0 atom stereocenters. The summed E-state index contributed by atoms with van der Waals surface area (Å²) in [7, 11) is 1.64. The van der Waals surface area contributed by atoms with E-state index in [1.165, 1.54) is 12.3 Å². The van der Waals surface area contributed by atoms with Crippen LogP contribution in [0.3, 0.4) is 0 Å². The minimum absolute atomic E-state index is 0.206. The van der Waals surface area contributed by atoms with Crippen molar-refractivity contribution in [2.45, 2.75) is 6.42 Å². The number of nitrogens with two attached hydrogens (primary N) is 1. The van der Waals surface area contributed by atoms with Crippen molar-refractivity contribution in [3.63, 3.8) is 0 Å². The van der Waals surface area contributed by atoms with E-state index in [2.05, 4.69) is 4.98 Å². The highest BCUT2D eigenvalue weighted by molar-refractivity contribution is 5.87. The number of nitrogens with zero attached hydrogens (tertiary/aromatic N) is 1. The van der Waals surface area contributed by atoms with Crippen LogP contribution < -0.4 is 5.73 Å². The topological polar surface area (TPSA) is 83.7 Å². The van der Waals surface area contributed by atoms with Gasteiger partial charge in [0.1, 0.15) is 12.3 Å². The largest absolute Gasteiger partial charge is 0.459 e. The fourth-order valence-corrected chi connectivity index (χ4v) is 1.20. The zero-order valence-corrected chi connectivity index (χ0v) is 10.4. The van der Waals surface area contributed by atoms with E-state index in [0.29, 0.717) is 25.5 Å². The number of anilines is 1. The van der Waals surface area contributed by atoms with Gasteiger partial charge in [0.05, 0.1) is 18.5 Å². The van der Waals surface area contributed by atoms with Crippen molar-refractivity contribution in [3.8, 4) is 0 Å². The van der Waals surface area contributed by atoms with E-state index in [-0.39, 0.29) is 12.3 Å². The first kappa shape index (κ1) is 14.4. The van der Waals surface area contributed by atoms with Gasteiger partial charge in [-0.2, -0.15) is 0 Å². The van der Waals surface area contributed by atoms with Crippen LogP contribution in [-0.4, -0.2) is 44.5 Å². The van der Waals surface area contributed by atoms with Crippen molar-refractivity contribution in [2.24, 2.45) is 0 Å². The Morgan fingerprint density at radius 2 is 2.11 bits per heavy atom. The molecule has 0 amide bonds. The average Bonchev–Trinajstić information content (AvgIpc) is 2.38. The second-order valence-electron chi connectivity index (χ2n) is 3.57. The molecule has 0 spiro atoms. The lowest BCUT2D eigenvalue weighted by Gasteiger charge is -2.05. The maximum atomic E-state index is 11.5. The number of ether oxygens (including phenoxy) is 3. The van der Waals surface area contributed by atoms with Crippen LogP contribution in [0, 0.1) is 0 Å². The van der Waals surface area contributed by atoms with Crippen molar-refractivity contribution >= 4 is 11.7 Å². The molecule has 0 aromatic carbocycles. The molecule has 0 unspecified atom stereocenters. The van der Waals surface area contributed by atoms with E-state index in [0.717, 1.165) is 6.42 Å². The van der Waals surface area contributed by atoms with E-state index in [4.69, 9.17) is 19.9 Å². The Balaban J connectivity index is 2.12. The van der Waals surface area contributed by atoms with Gasteiger partial charge in [0.25, 0.3) is 0 Å². The van der Waals surface area contributed by atoms with Crippen LogP contribution in [0.25, 0.3) is 0 Å². The summed E-state index contributed by atoms with van der Waals surface area (Å²) in [5.41, 5.74) is 6.21. The zero-order valence-electron chi connectivity index (χ0n) is 10.4. The molecule has 0 aliphatic heterocycles. The molecule has 0 aliphatic rings. The highest BCUT2D eigenvalue weighted by Gasteiger charge is 2.07. The van der Waals surface area contributed by atoms with Gasteiger partial charge in [-0.3, -0.25) is 0 Å². The van der Waals surface area contributed by atoms with Gasteiger partial charge >= 0.3 is 5.97 Å². The van der Waals surface area contributed by atoms with Gasteiger partial charge in [-0.05, 0) is 18.6 Å². The van der Waals surface area contributed by atoms with E-state index in [9.17, 15) is 4.79 Å². The van der Waals surface area contributed by atoms with Crippen LogP contribution in [0.2, 0.25) is 0 Å². The maximum Gasteiger partial charge on any atom is 0.356 e. The number of hydrogen-bond donors (Lipinski definition) is 1. The van der Waals surface area contributed by atoms with Gasteiger partial charge in [-0.25, -0.2) is 9.78 Å². The Hall–Kier alpha value is -1.66. The minimum Gasteiger partial charge on any atom is -0.459 e. The van der Waals surface area contributed by atoms with Crippen molar-refractivity contribution in [3.05, 3.63) is 24.0 Å². The predicted octanol–water partition coefficient (Wildman–Crippen LogP) is 0.874. The second kappa shape index (κ2) is 8.43. The number of carbonyl (C=O) groups is 1. The molecule has 100 valence electrons. The summed E-state index contributed by atoms with van der Waals surface area (Å²) in [6.07, 6.45) is 2.24. The molecule has 1 rings (SSSR count). The molecule has 0 saturated carbocycles. The lowest BCUT2D eigenvalue weighted by molar-refractivity contribution is 0.0283. The van der Waals surface area contributed by atoms with Crippen LogP contribution >= 0.6 is 0 Å². The Kier molecular flexibility index (Phi) is 6.75. The first-order chi connectivity index (χ1) is 8.74. The molecule has 0 saturated heterocycles. The Morgan fingerprint density at radius 3 is 2.78 bits per heavy atom. The van der Waals surface area contributed by atoms with Gasteiger partial charge in [-0.1, -0.05) is 0 Å². The maximum absolute atomic E-state index is 11.5. The summed E-state index contributed by atoms with van der Waals surface area (Å²) < 4.78 is 15.1. The fourth-order valence-electron chi connectivity index (χ4n) is 1.20. The van der Waals surface area contributed by atoms with Gasteiger partial charge < -0.3 is 19.9 Å². The quantitative estimate of drug-likeness (QED) is 0.547. The molecular formula is C12H18N2O4. The molecule has 0 radical (unpaired) electrons. The van der Waals surface area contributed by atoms with Crippen LogP contribution in [0.15, 0.2) is 18.3 Å². The minimum atomic E-state index is -0.476. The molecule has 6 nitrogen and oxygen atoms in total. The zero-order chi connectivity index (χ0) is 13.2. The van der Waals surface area contributed by atoms with E-state index >= 15 is 0 Å². The van der Waals surface area contributed by atoms with E-state index in [1.54, 1.807) is 13.2 Å². The van der Waals surface area contributed by atoms with Gasteiger partial charge in [0.2, 0.25) is 0 Å². The number of esters is 1. The lowest BCUT2D eigenvalue weighted by atomic mass is 10.3. The van der Waals surface area contributed by atoms with Crippen LogP contribution in [0.1, 0.15) is 16.9 Å². The Labute approximate surface area is 106 Å². The first-order valence-electron chi connectivity index (χ1n) is 5.69. The third-order valence-electron chi connectivity index (χ3n) is 2.09. The van der Waals surface area contributed by atoms with Gasteiger partial charge in [0.15, 0.2) is 0 Å². The molecule has 1 aromatic rings. The second-order valence-corrected chi connectivity index (χ2v) is 3.57. The highest BCUT2D eigenvalue weighted by atomic mass is 16.6. The van der Waals surface area contributed by atoms with Crippen LogP contribution in [0.4, 0.5) is 5.69 Å². The molecule has 18 heavy (non-hydrogen) atoms. The number of hydrogen-bond acceptors (Lipinski definition) is 6. The van der Waals surface area contributed by atoms with E-state index < -0.39 is 5.97 Å². The lowest BCUT2D eigenvalue weighted by Crippen LogP contribution is -2.13. The summed E-state index contributed by atoms with van der Waals surface area (Å²) in [5, 5.41) is 0. The van der Waals surface area contributed by atoms with Gasteiger partial charge in [0, 0.05) is 20.3 Å². The summed E-state index contributed by atoms with van der Waals surface area (Å²) >= 11 is 0. The molecule has 0 bridgehead atoms.